The Morgan fingerprint density at radius 1 is 1.20 bits per heavy atom. The van der Waals surface area contributed by atoms with E-state index in [1.54, 1.807) is 12.3 Å². The topological polar surface area (TPSA) is 130 Å². The summed E-state index contributed by atoms with van der Waals surface area (Å²) in [5.74, 6) is 1.00. The van der Waals surface area contributed by atoms with Gasteiger partial charge in [0.05, 0.1) is 37.7 Å². The van der Waals surface area contributed by atoms with Gasteiger partial charge in [0.15, 0.2) is 0 Å². The van der Waals surface area contributed by atoms with Gasteiger partial charge in [-0.15, -0.1) is 0 Å². The lowest BCUT2D eigenvalue weighted by Gasteiger charge is -2.28. The predicted octanol–water partition coefficient (Wildman–Crippen LogP) is 1.74. The average molecular weight is 408 g/mol. The van der Waals surface area contributed by atoms with Gasteiger partial charge in [-0.05, 0) is 18.2 Å². The highest BCUT2D eigenvalue weighted by Gasteiger charge is 2.23. The third-order valence-corrected chi connectivity index (χ3v) is 5.20. The predicted molar refractivity (Wildman–Crippen MR) is 111 cm³/mol. The van der Waals surface area contributed by atoms with Crippen molar-refractivity contribution in [2.45, 2.75) is 18.9 Å². The number of pyridine rings is 2. The highest BCUT2D eigenvalue weighted by molar-refractivity contribution is 6.15. The molecule has 156 valence electrons. The standard InChI is InChI=1S/C21H24N6O3/c22-13-15-12-17(23)19(21(26-15)30-16-2-7-28-8-3-16)20(24)14-1-4-25-18(11-14)27-5-9-29-10-6-27/h1,4,11-12,16,24H,2-3,5-10H2,(H2,23,26). The molecule has 0 unspecified atom stereocenters. The van der Waals surface area contributed by atoms with Crippen LogP contribution in [0.25, 0.3) is 0 Å². The molecule has 9 nitrogen and oxygen atoms in total. The minimum Gasteiger partial charge on any atom is -0.474 e. The van der Waals surface area contributed by atoms with Crippen molar-refractivity contribution >= 4 is 17.2 Å². The number of nitriles is 1. The molecule has 0 atom stereocenters. The van der Waals surface area contributed by atoms with Crippen molar-refractivity contribution in [3.8, 4) is 11.9 Å². The van der Waals surface area contributed by atoms with Crippen LogP contribution in [-0.2, 0) is 9.47 Å². The molecule has 0 bridgehead atoms. The van der Waals surface area contributed by atoms with Crippen LogP contribution >= 0.6 is 0 Å². The van der Waals surface area contributed by atoms with E-state index in [9.17, 15) is 5.26 Å². The van der Waals surface area contributed by atoms with Crippen molar-refractivity contribution < 1.29 is 14.2 Å². The fourth-order valence-electron chi connectivity index (χ4n) is 3.57. The number of rotatable bonds is 5. The molecule has 2 aromatic rings. The maximum atomic E-state index is 9.30. The lowest BCUT2D eigenvalue weighted by molar-refractivity contribution is 0.0237. The Kier molecular flexibility index (Phi) is 6.07. The molecule has 0 aliphatic carbocycles. The van der Waals surface area contributed by atoms with Crippen molar-refractivity contribution in [1.82, 2.24) is 9.97 Å². The van der Waals surface area contributed by atoms with Gasteiger partial charge in [-0.1, -0.05) is 0 Å². The molecule has 0 aromatic carbocycles. The van der Waals surface area contributed by atoms with Crippen LogP contribution in [0.5, 0.6) is 5.88 Å². The molecule has 2 fully saturated rings. The van der Waals surface area contributed by atoms with E-state index >= 15 is 0 Å². The van der Waals surface area contributed by atoms with Crippen LogP contribution in [0.3, 0.4) is 0 Å². The summed E-state index contributed by atoms with van der Waals surface area (Å²) in [7, 11) is 0. The third kappa shape index (κ3) is 4.35. The lowest BCUT2D eigenvalue weighted by Crippen LogP contribution is -2.36. The number of anilines is 2. The largest absolute Gasteiger partial charge is 0.474 e. The molecule has 30 heavy (non-hydrogen) atoms. The Hall–Kier alpha value is -3.22. The fourth-order valence-corrected chi connectivity index (χ4v) is 3.57. The molecular formula is C21H24N6O3. The highest BCUT2D eigenvalue weighted by Crippen LogP contribution is 2.29. The Bertz CT molecular complexity index is 962. The van der Waals surface area contributed by atoms with Gasteiger partial charge < -0.3 is 24.8 Å². The van der Waals surface area contributed by atoms with E-state index in [1.165, 1.54) is 6.07 Å². The third-order valence-electron chi connectivity index (χ3n) is 5.20. The van der Waals surface area contributed by atoms with Gasteiger partial charge in [0.1, 0.15) is 23.7 Å². The minimum absolute atomic E-state index is 0.0903. The lowest BCUT2D eigenvalue weighted by atomic mass is 10.0. The Labute approximate surface area is 174 Å². The zero-order valence-electron chi connectivity index (χ0n) is 16.6. The number of ether oxygens (including phenoxy) is 3. The van der Waals surface area contributed by atoms with Gasteiger partial charge in [0.2, 0.25) is 5.88 Å². The van der Waals surface area contributed by atoms with Crippen molar-refractivity contribution in [1.29, 1.82) is 10.7 Å². The molecule has 0 radical (unpaired) electrons. The van der Waals surface area contributed by atoms with E-state index in [1.807, 2.05) is 12.1 Å². The molecular weight excluding hydrogens is 384 g/mol. The van der Waals surface area contributed by atoms with E-state index in [0.29, 0.717) is 43.2 Å². The zero-order chi connectivity index (χ0) is 20.9. The summed E-state index contributed by atoms with van der Waals surface area (Å²) in [5, 5.41) is 18.1. The molecule has 3 N–H and O–H groups in total. The van der Waals surface area contributed by atoms with E-state index in [2.05, 4.69) is 14.9 Å². The molecule has 2 saturated heterocycles. The average Bonchev–Trinajstić information content (AvgIpc) is 2.80. The summed E-state index contributed by atoms with van der Waals surface area (Å²) in [6.45, 7) is 4.03. The van der Waals surface area contributed by atoms with Gasteiger partial charge >= 0.3 is 0 Å². The van der Waals surface area contributed by atoms with Crippen molar-refractivity contribution in [2.24, 2.45) is 0 Å². The van der Waals surface area contributed by atoms with Crippen molar-refractivity contribution in [3.05, 3.63) is 41.2 Å². The Morgan fingerprint density at radius 2 is 1.93 bits per heavy atom. The number of nitrogens with one attached hydrogen (secondary N) is 1. The van der Waals surface area contributed by atoms with Crippen LogP contribution in [0.15, 0.2) is 24.4 Å². The maximum absolute atomic E-state index is 9.30. The monoisotopic (exact) mass is 408 g/mol. The van der Waals surface area contributed by atoms with Crippen LogP contribution in [0.2, 0.25) is 0 Å². The van der Waals surface area contributed by atoms with Gasteiger partial charge in [-0.3, -0.25) is 5.41 Å². The first-order valence-corrected chi connectivity index (χ1v) is 9.99. The van der Waals surface area contributed by atoms with Crippen molar-refractivity contribution in [2.75, 3.05) is 50.2 Å². The second kappa shape index (κ2) is 9.07. The zero-order valence-corrected chi connectivity index (χ0v) is 16.6. The molecule has 0 saturated carbocycles. The van der Waals surface area contributed by atoms with Gasteiger partial charge in [0.25, 0.3) is 0 Å². The summed E-state index contributed by atoms with van der Waals surface area (Å²) >= 11 is 0. The number of hydrogen-bond donors (Lipinski definition) is 2. The number of nitrogens with zero attached hydrogens (tertiary/aromatic N) is 4. The highest BCUT2D eigenvalue weighted by atomic mass is 16.5. The van der Waals surface area contributed by atoms with Crippen LogP contribution < -0.4 is 15.4 Å². The van der Waals surface area contributed by atoms with Crippen molar-refractivity contribution in [3.63, 3.8) is 0 Å². The Balaban J connectivity index is 1.67. The quantitative estimate of drug-likeness (QED) is 0.716. The molecule has 0 spiro atoms. The summed E-state index contributed by atoms with van der Waals surface area (Å²) in [6.07, 6.45) is 3.04. The van der Waals surface area contributed by atoms with E-state index < -0.39 is 0 Å². The molecule has 2 aliphatic heterocycles. The Morgan fingerprint density at radius 3 is 2.67 bits per heavy atom. The minimum atomic E-state index is -0.0903. The van der Waals surface area contributed by atoms with Gasteiger partial charge in [-0.25, -0.2) is 9.97 Å². The molecule has 4 heterocycles. The first-order chi connectivity index (χ1) is 14.7. The van der Waals surface area contributed by atoms with Crippen LogP contribution in [0, 0.1) is 16.7 Å². The summed E-state index contributed by atoms with van der Waals surface area (Å²) in [6, 6.07) is 7.12. The summed E-state index contributed by atoms with van der Waals surface area (Å²) in [4.78, 5) is 10.9. The van der Waals surface area contributed by atoms with Crippen LogP contribution in [0.4, 0.5) is 11.5 Å². The fraction of sp³-hybridized carbons (Fsp3) is 0.429. The second-order valence-electron chi connectivity index (χ2n) is 7.20. The summed E-state index contributed by atoms with van der Waals surface area (Å²) in [5.41, 5.74) is 7.92. The second-order valence-corrected chi connectivity index (χ2v) is 7.20. The SMILES string of the molecule is N#Cc1cc(N)c(C(=N)c2ccnc(N3CCOCC3)c2)c(OC2CCOCC2)n1. The van der Waals surface area contributed by atoms with Crippen LogP contribution in [0.1, 0.15) is 29.7 Å². The molecule has 4 rings (SSSR count). The molecule has 0 amide bonds. The molecule has 2 aromatic heterocycles. The van der Waals surface area contributed by atoms with Crippen LogP contribution in [-0.4, -0.2) is 61.3 Å². The van der Waals surface area contributed by atoms with E-state index in [4.69, 9.17) is 25.4 Å². The number of hydrogen-bond acceptors (Lipinski definition) is 9. The summed E-state index contributed by atoms with van der Waals surface area (Å²) < 4.78 is 16.9. The number of nitrogens with two attached hydrogens (primary N) is 1. The number of nitrogen functional groups attached to an aromatic ring is 1. The van der Waals surface area contributed by atoms with Gasteiger partial charge in [0, 0.05) is 43.4 Å². The molecule has 2 aliphatic rings. The number of aromatic nitrogens is 2. The smallest absolute Gasteiger partial charge is 0.226 e. The van der Waals surface area contributed by atoms with E-state index in [-0.39, 0.29) is 23.4 Å². The first kappa shape index (κ1) is 20.1. The first-order valence-electron chi connectivity index (χ1n) is 9.99. The maximum Gasteiger partial charge on any atom is 0.226 e. The van der Waals surface area contributed by atoms with Gasteiger partial charge in [-0.2, -0.15) is 5.26 Å². The normalized spacial score (nSPS) is 17.4. The molecule has 9 heteroatoms. The van der Waals surface area contributed by atoms with E-state index in [0.717, 1.165) is 31.7 Å². The number of morpholine rings is 1.